The van der Waals surface area contributed by atoms with Gasteiger partial charge < -0.3 is 5.11 Å². The molecule has 0 saturated heterocycles. The number of allylic oxidation sites excluding steroid dienone is 8. The van der Waals surface area contributed by atoms with E-state index >= 15 is 0 Å². The average Bonchev–Trinajstić information content (AvgIpc) is 3.10. The second-order valence-corrected chi connectivity index (χ2v) is 11.2. The molecule has 0 saturated carbocycles. The van der Waals surface area contributed by atoms with Crippen LogP contribution in [0.25, 0.3) is 44.9 Å². The molecule has 2 heteroatoms. The first kappa shape index (κ1) is 28.9. The molecule has 0 amide bonds. The lowest BCUT2D eigenvalue weighted by molar-refractivity contribution is -0.560. The number of hydrogen-bond donors (Lipinski definition) is 1. The van der Waals surface area contributed by atoms with Crippen molar-refractivity contribution in [1.82, 2.24) is 0 Å². The van der Waals surface area contributed by atoms with Gasteiger partial charge in [-0.1, -0.05) is 121 Å². The van der Waals surface area contributed by atoms with Crippen LogP contribution in [0.4, 0.5) is 0 Å². The second kappa shape index (κ2) is 13.8. The summed E-state index contributed by atoms with van der Waals surface area (Å²) in [4.78, 5) is 0. The van der Waals surface area contributed by atoms with Crippen LogP contribution in [-0.2, 0) is 0 Å². The lowest BCUT2D eigenvalue weighted by atomic mass is 9.85. The van der Waals surface area contributed by atoms with Crippen LogP contribution in [0, 0.1) is 5.92 Å². The van der Waals surface area contributed by atoms with Gasteiger partial charge in [0.25, 0.3) is 0 Å². The normalized spacial score (nSPS) is 15.2. The molecule has 4 aromatic carbocycles. The van der Waals surface area contributed by atoms with E-state index in [9.17, 15) is 5.11 Å². The van der Waals surface area contributed by atoms with Gasteiger partial charge in [-0.2, -0.15) is 4.57 Å². The number of hydrogen-bond acceptors (Lipinski definition) is 1. The Bertz CT molecular complexity index is 1750. The summed E-state index contributed by atoms with van der Waals surface area (Å²) < 4.78 is 2.43. The molecule has 1 N–H and O–H groups in total. The Morgan fingerprint density at radius 1 is 0.636 bits per heavy atom. The predicted molar refractivity (Wildman–Crippen MR) is 185 cm³/mol. The van der Waals surface area contributed by atoms with Crippen molar-refractivity contribution in [3.8, 4) is 33.6 Å². The first-order valence-electron chi connectivity index (χ1n) is 15.5. The first-order valence-corrected chi connectivity index (χ1v) is 15.5. The molecule has 1 aliphatic rings. The van der Waals surface area contributed by atoms with Crippen molar-refractivity contribution >= 4 is 11.3 Å². The number of aliphatic hydroxyl groups excluding tert-OH is 1. The van der Waals surface area contributed by atoms with Crippen molar-refractivity contribution in [2.75, 3.05) is 0 Å². The molecule has 0 bridgehead atoms. The molecule has 44 heavy (non-hydrogen) atoms. The van der Waals surface area contributed by atoms with Crippen LogP contribution in [0.15, 0.2) is 170 Å². The molecule has 1 atom stereocenters. The fourth-order valence-corrected chi connectivity index (χ4v) is 6.04. The van der Waals surface area contributed by atoms with E-state index in [1.165, 1.54) is 16.8 Å². The summed E-state index contributed by atoms with van der Waals surface area (Å²) in [7, 11) is 0. The Kier molecular flexibility index (Phi) is 9.09. The largest absolute Gasteiger partial charge is 0.511 e. The second-order valence-electron chi connectivity index (χ2n) is 11.2. The van der Waals surface area contributed by atoms with Crippen LogP contribution < -0.4 is 4.57 Å². The maximum absolute atomic E-state index is 11.7. The highest BCUT2D eigenvalue weighted by atomic mass is 16.3. The van der Waals surface area contributed by atoms with Gasteiger partial charge in [0.15, 0.2) is 5.70 Å². The van der Waals surface area contributed by atoms with Gasteiger partial charge in [-0.3, -0.25) is 0 Å². The predicted octanol–water partition coefficient (Wildman–Crippen LogP) is 10.7. The quantitative estimate of drug-likeness (QED) is 0.138. The Morgan fingerprint density at radius 2 is 1.14 bits per heavy atom. The van der Waals surface area contributed by atoms with Crippen LogP contribution in [0.1, 0.15) is 31.7 Å². The van der Waals surface area contributed by atoms with E-state index in [0.29, 0.717) is 5.76 Å². The van der Waals surface area contributed by atoms with Gasteiger partial charge in [-0.05, 0) is 60.7 Å². The zero-order chi connectivity index (χ0) is 30.1. The van der Waals surface area contributed by atoms with Gasteiger partial charge in [0, 0.05) is 47.2 Å². The molecule has 1 heterocycles. The van der Waals surface area contributed by atoms with E-state index in [-0.39, 0.29) is 5.92 Å². The minimum atomic E-state index is -0.00555. The van der Waals surface area contributed by atoms with E-state index in [0.717, 1.165) is 52.9 Å². The lowest BCUT2D eigenvalue weighted by Crippen LogP contribution is -2.40. The van der Waals surface area contributed by atoms with Crippen LogP contribution in [-0.4, -0.2) is 5.11 Å². The van der Waals surface area contributed by atoms with Crippen LogP contribution in [0.5, 0.6) is 0 Å². The summed E-state index contributed by atoms with van der Waals surface area (Å²) in [6.45, 7) is 2.03. The van der Waals surface area contributed by atoms with Crippen molar-refractivity contribution in [1.29, 1.82) is 0 Å². The third-order valence-corrected chi connectivity index (χ3v) is 8.24. The molecule has 1 aromatic heterocycles. The summed E-state index contributed by atoms with van der Waals surface area (Å²) in [5, 5.41) is 11.7. The summed E-state index contributed by atoms with van der Waals surface area (Å²) in [6, 6.07) is 46.8. The van der Waals surface area contributed by atoms with Gasteiger partial charge in [0.05, 0.1) is 0 Å². The maximum Gasteiger partial charge on any atom is 0.219 e. The zero-order valence-electron chi connectivity index (χ0n) is 25.2. The van der Waals surface area contributed by atoms with E-state index in [4.69, 9.17) is 0 Å². The minimum absolute atomic E-state index is 0.00555. The molecular formula is C42H38NO+. The third-order valence-electron chi connectivity index (χ3n) is 8.24. The third kappa shape index (κ3) is 6.40. The highest BCUT2D eigenvalue weighted by Gasteiger charge is 2.33. The highest BCUT2D eigenvalue weighted by Crippen LogP contribution is 2.39. The monoisotopic (exact) mass is 572 g/mol. The fraction of sp³-hybridized carbons (Fsp3) is 0.119. The van der Waals surface area contributed by atoms with E-state index < -0.39 is 0 Å². The first-order chi connectivity index (χ1) is 21.7. The van der Waals surface area contributed by atoms with E-state index in [1.54, 1.807) is 0 Å². The van der Waals surface area contributed by atoms with Gasteiger partial charge in [0.2, 0.25) is 11.4 Å². The standard InChI is InChI=1S/C42H37NO/c1-2-3-4-5-10-27-36-28-38(31-39(42(36)44)33-21-13-7-14-22-33)43-40(34-23-15-8-16-24-34)29-37(32-19-11-6-12-20-32)30-41(43)35-25-17-9-18-26-35/h2-9,11-26,29-31,36H,10,27-28H2,1H3/p+1/b3-2-,5-4-/t36-/m0/s1. The van der Waals surface area contributed by atoms with Gasteiger partial charge >= 0.3 is 0 Å². The molecule has 216 valence electrons. The number of aromatic nitrogens is 1. The number of benzene rings is 4. The summed E-state index contributed by atoms with van der Waals surface area (Å²) in [6.07, 6.45) is 13.1. The van der Waals surface area contributed by atoms with Crippen molar-refractivity contribution in [2.45, 2.75) is 26.2 Å². The Hall–Kier alpha value is -5.21. The Morgan fingerprint density at radius 3 is 1.66 bits per heavy atom. The molecule has 0 radical (unpaired) electrons. The van der Waals surface area contributed by atoms with Gasteiger partial charge in [-0.25, -0.2) is 0 Å². The molecule has 1 aliphatic carbocycles. The molecule has 0 spiro atoms. The fourth-order valence-electron chi connectivity index (χ4n) is 6.04. The number of aliphatic hydroxyl groups is 1. The number of rotatable bonds is 9. The molecule has 0 unspecified atom stereocenters. The van der Waals surface area contributed by atoms with Crippen molar-refractivity contribution in [2.24, 2.45) is 5.92 Å². The van der Waals surface area contributed by atoms with E-state index in [1.807, 2.05) is 31.2 Å². The molecule has 5 aromatic rings. The van der Waals surface area contributed by atoms with Crippen LogP contribution in [0.2, 0.25) is 0 Å². The van der Waals surface area contributed by atoms with Crippen LogP contribution >= 0.6 is 0 Å². The zero-order valence-corrected chi connectivity index (χ0v) is 25.2. The van der Waals surface area contributed by atoms with E-state index in [2.05, 4.69) is 144 Å². The number of nitrogens with zero attached hydrogens (tertiary/aromatic N) is 1. The highest BCUT2D eigenvalue weighted by molar-refractivity contribution is 5.83. The van der Waals surface area contributed by atoms with Crippen molar-refractivity contribution in [3.63, 3.8) is 0 Å². The SMILES string of the molecule is C/C=C\C=C/CC[C@H]1CC([n+]2c(-c3ccccc3)cc(-c3ccccc3)cc2-c2ccccc2)=CC(c2ccccc2)=C1O. The summed E-state index contributed by atoms with van der Waals surface area (Å²) in [5.74, 6) is 0.470. The van der Waals surface area contributed by atoms with Gasteiger partial charge in [0.1, 0.15) is 5.76 Å². The van der Waals surface area contributed by atoms with Crippen LogP contribution in [0.3, 0.4) is 0 Å². The topological polar surface area (TPSA) is 24.1 Å². The molecule has 2 nitrogen and oxygen atoms in total. The molecule has 0 aliphatic heterocycles. The Balaban J connectivity index is 1.59. The Labute approximate surface area is 261 Å². The molecule has 0 fully saturated rings. The van der Waals surface area contributed by atoms with Crippen molar-refractivity contribution < 1.29 is 9.67 Å². The molecular weight excluding hydrogens is 534 g/mol. The smallest absolute Gasteiger partial charge is 0.219 e. The summed E-state index contributed by atoms with van der Waals surface area (Å²) in [5.41, 5.74) is 9.98. The number of pyridine rings is 1. The summed E-state index contributed by atoms with van der Waals surface area (Å²) >= 11 is 0. The molecule has 6 rings (SSSR count). The average molecular weight is 573 g/mol. The van der Waals surface area contributed by atoms with Gasteiger partial charge in [-0.15, -0.1) is 0 Å². The minimum Gasteiger partial charge on any atom is -0.511 e. The van der Waals surface area contributed by atoms with Crippen molar-refractivity contribution in [3.05, 3.63) is 175 Å². The maximum atomic E-state index is 11.7. The lowest BCUT2D eigenvalue weighted by Gasteiger charge is -2.24.